The predicted octanol–water partition coefficient (Wildman–Crippen LogP) is 3.87. The van der Waals surface area contributed by atoms with Crippen LogP contribution in [0.4, 0.5) is 11.8 Å². The fraction of sp³-hybridized carbons (Fsp3) is 0.500. The van der Waals surface area contributed by atoms with Crippen LogP contribution in [0.1, 0.15) is 39.0 Å². The maximum atomic E-state index is 11.1. The number of aromatic nitrogens is 3. The smallest absolute Gasteiger partial charge is 0.226 e. The molecule has 0 saturated heterocycles. The van der Waals surface area contributed by atoms with Crippen LogP contribution in [0.3, 0.4) is 0 Å². The number of fused-ring (bicyclic) bond motifs is 1. The molecule has 2 aromatic heterocycles. The second kappa shape index (κ2) is 9.84. The van der Waals surface area contributed by atoms with Gasteiger partial charge in [-0.15, -0.1) is 11.3 Å². The molecule has 0 aliphatic heterocycles. The number of halogens is 1. The van der Waals surface area contributed by atoms with Gasteiger partial charge in [-0.2, -0.15) is 4.98 Å². The molecule has 0 amide bonds. The molecule has 10 heteroatoms. The van der Waals surface area contributed by atoms with Gasteiger partial charge in [0.25, 0.3) is 0 Å². The maximum Gasteiger partial charge on any atom is 0.226 e. The molecule has 172 valence electrons. The Morgan fingerprint density at radius 1 is 1.22 bits per heavy atom. The summed E-state index contributed by atoms with van der Waals surface area (Å²) < 4.78 is 0.992. The minimum absolute atomic E-state index is 0.203. The molecule has 1 aromatic carbocycles. The Morgan fingerprint density at radius 2 is 2.03 bits per heavy atom. The van der Waals surface area contributed by atoms with Crippen molar-refractivity contribution >= 4 is 44.9 Å². The molecule has 1 aliphatic carbocycles. The second-order valence-corrected chi connectivity index (χ2v) is 9.55. The summed E-state index contributed by atoms with van der Waals surface area (Å²) >= 11 is 8.06. The maximum absolute atomic E-state index is 11.1. The van der Waals surface area contributed by atoms with Crippen molar-refractivity contribution < 1.29 is 15.3 Å². The summed E-state index contributed by atoms with van der Waals surface area (Å²) in [7, 11) is 0. The summed E-state index contributed by atoms with van der Waals surface area (Å²) in [4.78, 5) is 13.7. The minimum atomic E-state index is -1.64. The molecule has 3 aromatic rings. The van der Waals surface area contributed by atoms with Gasteiger partial charge in [0.1, 0.15) is 22.1 Å². The summed E-state index contributed by atoms with van der Waals surface area (Å²) in [6.45, 7) is 2.63. The van der Waals surface area contributed by atoms with Crippen LogP contribution in [-0.4, -0.2) is 55.3 Å². The highest BCUT2D eigenvalue weighted by atomic mass is 35.5. The predicted molar refractivity (Wildman–Crippen MR) is 128 cm³/mol. The Labute approximate surface area is 195 Å². The van der Waals surface area contributed by atoms with Crippen molar-refractivity contribution in [1.82, 2.24) is 15.0 Å². The lowest BCUT2D eigenvalue weighted by atomic mass is 10.0. The first-order valence-electron chi connectivity index (χ1n) is 10.9. The van der Waals surface area contributed by atoms with Gasteiger partial charge in [-0.05, 0) is 31.4 Å². The Balaban J connectivity index is 1.72. The van der Waals surface area contributed by atoms with Gasteiger partial charge in [0.15, 0.2) is 5.72 Å². The molecule has 5 N–H and O–H groups in total. The molecule has 4 rings (SSSR count). The molecular weight excluding hydrogens is 450 g/mol. The average molecular weight is 478 g/mol. The monoisotopic (exact) mass is 477 g/mol. The van der Waals surface area contributed by atoms with Crippen LogP contribution in [0.25, 0.3) is 20.8 Å². The van der Waals surface area contributed by atoms with E-state index >= 15 is 0 Å². The number of hydrogen-bond acceptors (Lipinski definition) is 9. The summed E-state index contributed by atoms with van der Waals surface area (Å²) in [5.41, 5.74) is -0.341. The van der Waals surface area contributed by atoms with Gasteiger partial charge in [0.05, 0.1) is 15.8 Å². The highest BCUT2D eigenvalue weighted by Crippen LogP contribution is 2.42. The average Bonchev–Trinajstić information content (AvgIpc) is 3.32. The molecule has 3 atom stereocenters. The van der Waals surface area contributed by atoms with E-state index in [0.717, 1.165) is 29.5 Å². The van der Waals surface area contributed by atoms with Gasteiger partial charge in [-0.1, -0.05) is 43.5 Å². The molecule has 32 heavy (non-hydrogen) atoms. The van der Waals surface area contributed by atoms with Gasteiger partial charge in [0.2, 0.25) is 5.95 Å². The Bertz CT molecular complexity index is 1050. The molecule has 2 heterocycles. The number of unbranched alkanes of at least 4 members (excludes halogenated alkanes) is 2. The van der Waals surface area contributed by atoms with Gasteiger partial charge in [-0.25, -0.2) is 9.97 Å². The van der Waals surface area contributed by atoms with E-state index in [1.807, 2.05) is 24.3 Å². The van der Waals surface area contributed by atoms with Crippen molar-refractivity contribution in [2.75, 3.05) is 23.8 Å². The lowest BCUT2D eigenvalue weighted by Crippen LogP contribution is -2.48. The minimum Gasteiger partial charge on any atom is -0.396 e. The number of benzene rings is 1. The molecule has 0 radical (unpaired) electrons. The number of rotatable bonds is 9. The van der Waals surface area contributed by atoms with E-state index in [9.17, 15) is 15.3 Å². The number of nitrogens with one attached hydrogen (secondary N) is 2. The Hall–Kier alpha value is -2.04. The number of anilines is 2. The van der Waals surface area contributed by atoms with Crippen molar-refractivity contribution in [2.45, 2.75) is 50.9 Å². The first kappa shape index (κ1) is 23.1. The third-order valence-electron chi connectivity index (χ3n) is 5.84. The summed E-state index contributed by atoms with van der Waals surface area (Å²) in [6.07, 6.45) is 2.76. The summed E-state index contributed by atoms with van der Waals surface area (Å²) in [5, 5.41) is 38.3. The highest BCUT2D eigenvalue weighted by Gasteiger charge is 2.47. The van der Waals surface area contributed by atoms with E-state index in [4.69, 9.17) is 11.6 Å². The molecule has 3 unspecified atom stereocenters. The van der Waals surface area contributed by atoms with Crippen LogP contribution in [0.15, 0.2) is 24.3 Å². The third kappa shape index (κ3) is 4.67. The zero-order valence-electron chi connectivity index (χ0n) is 17.9. The van der Waals surface area contributed by atoms with Crippen LogP contribution < -0.4 is 10.6 Å². The van der Waals surface area contributed by atoms with Crippen LogP contribution in [-0.2, 0) is 0 Å². The fourth-order valence-electron chi connectivity index (χ4n) is 3.98. The fourth-order valence-corrected chi connectivity index (χ4v) is 5.31. The van der Waals surface area contributed by atoms with Crippen LogP contribution in [0.2, 0.25) is 5.15 Å². The Morgan fingerprint density at radius 3 is 2.75 bits per heavy atom. The first-order valence-corrected chi connectivity index (χ1v) is 12.1. The normalized spacial score (nSPS) is 23.0. The van der Waals surface area contributed by atoms with Crippen molar-refractivity contribution in [3.63, 3.8) is 0 Å². The first-order chi connectivity index (χ1) is 15.4. The largest absolute Gasteiger partial charge is 0.396 e. The molecule has 0 spiro atoms. The quantitative estimate of drug-likeness (QED) is 0.179. The lowest BCUT2D eigenvalue weighted by Gasteiger charge is -2.30. The van der Waals surface area contributed by atoms with Crippen molar-refractivity contribution in [3.8, 4) is 10.6 Å². The van der Waals surface area contributed by atoms with Crippen LogP contribution >= 0.6 is 22.9 Å². The number of para-hydroxylation sites is 1. The molecule has 8 nitrogen and oxygen atoms in total. The molecular formula is C22H28ClN5O3S. The topological polar surface area (TPSA) is 123 Å². The third-order valence-corrected chi connectivity index (χ3v) is 7.16. The number of nitrogens with zero attached hydrogens (tertiary/aromatic N) is 3. The number of aliphatic hydroxyl groups excluding tert-OH is 2. The van der Waals surface area contributed by atoms with Crippen molar-refractivity contribution in [1.29, 1.82) is 0 Å². The molecule has 1 saturated carbocycles. The molecule has 0 bridgehead atoms. The number of aliphatic hydroxyl groups is 3. The Kier molecular flexibility index (Phi) is 7.11. The lowest BCUT2D eigenvalue weighted by molar-refractivity contribution is -0.0545. The molecule has 1 aliphatic rings. The van der Waals surface area contributed by atoms with Crippen LogP contribution in [0, 0.1) is 5.92 Å². The van der Waals surface area contributed by atoms with Gasteiger partial charge in [0, 0.05) is 19.1 Å². The molecule has 1 fully saturated rings. The van der Waals surface area contributed by atoms with E-state index in [-0.39, 0.29) is 18.2 Å². The SMILES string of the molecule is CCCCCNc1nc(Cl)c(-c2nc3ccccc3s2)c(NC2(O)CCC(CO)C2O)n1. The zero-order chi connectivity index (χ0) is 22.7. The van der Waals surface area contributed by atoms with E-state index in [2.05, 4.69) is 32.5 Å². The standard InChI is InChI=1S/C22H28ClN5O3S/c1-2-3-6-11-24-21-26-18(23)16(20-25-14-7-4-5-8-15(14)32-20)19(27-21)28-22(31)10-9-13(12-29)17(22)30/h4-5,7-8,13,17,29-31H,2-3,6,9-12H2,1H3,(H2,24,26,27,28). The van der Waals surface area contributed by atoms with Crippen LogP contribution in [0.5, 0.6) is 0 Å². The van der Waals surface area contributed by atoms with E-state index in [0.29, 0.717) is 35.3 Å². The van der Waals surface area contributed by atoms with E-state index in [1.54, 1.807) is 0 Å². The van der Waals surface area contributed by atoms with Gasteiger partial charge in [-0.3, -0.25) is 0 Å². The van der Waals surface area contributed by atoms with Gasteiger partial charge >= 0.3 is 0 Å². The summed E-state index contributed by atoms with van der Waals surface area (Å²) in [6, 6.07) is 7.75. The van der Waals surface area contributed by atoms with Crippen molar-refractivity contribution in [2.24, 2.45) is 5.92 Å². The van der Waals surface area contributed by atoms with Crippen molar-refractivity contribution in [3.05, 3.63) is 29.4 Å². The zero-order valence-corrected chi connectivity index (χ0v) is 19.5. The summed E-state index contributed by atoms with van der Waals surface area (Å²) in [5.74, 6) is 0.220. The second-order valence-electron chi connectivity index (χ2n) is 8.16. The van der Waals surface area contributed by atoms with E-state index < -0.39 is 17.7 Å². The number of thiazole rings is 1. The highest BCUT2D eigenvalue weighted by molar-refractivity contribution is 7.21. The van der Waals surface area contributed by atoms with Gasteiger partial charge < -0.3 is 26.0 Å². The van der Waals surface area contributed by atoms with E-state index in [1.165, 1.54) is 11.3 Å². The number of hydrogen-bond donors (Lipinski definition) is 5.